The minimum absolute atomic E-state index is 0.258. The molecule has 8 nitrogen and oxygen atoms in total. The van der Waals surface area contributed by atoms with Crippen molar-refractivity contribution in [3.05, 3.63) is 82.9 Å². The van der Waals surface area contributed by atoms with E-state index in [1.54, 1.807) is 11.5 Å². The Hall–Kier alpha value is -3.69. The van der Waals surface area contributed by atoms with Crippen LogP contribution in [-0.2, 0) is 16.1 Å². The summed E-state index contributed by atoms with van der Waals surface area (Å²) in [6.07, 6.45) is 2.99. The third kappa shape index (κ3) is 6.64. The van der Waals surface area contributed by atoms with E-state index in [0.717, 1.165) is 29.3 Å². The second-order valence-corrected chi connectivity index (χ2v) is 8.07. The van der Waals surface area contributed by atoms with Crippen molar-refractivity contribution in [1.29, 1.82) is 0 Å². The second-order valence-electron chi connectivity index (χ2n) is 7.24. The van der Waals surface area contributed by atoms with Crippen LogP contribution >= 0.6 is 11.3 Å². The molecule has 2 amide bonds. The molecule has 1 fully saturated rings. The van der Waals surface area contributed by atoms with Gasteiger partial charge in [-0.15, -0.1) is 11.3 Å². The minimum atomic E-state index is -0.469. The summed E-state index contributed by atoms with van der Waals surface area (Å²) in [6, 6.07) is 17.3. The summed E-state index contributed by atoms with van der Waals surface area (Å²) in [5.74, 6) is -0.222. The van der Waals surface area contributed by atoms with Crippen LogP contribution < -0.4 is 20.5 Å². The molecule has 170 valence electrons. The van der Waals surface area contributed by atoms with Gasteiger partial charge in [-0.05, 0) is 29.3 Å². The van der Waals surface area contributed by atoms with E-state index in [1.807, 2.05) is 54.6 Å². The molecule has 0 unspecified atom stereocenters. The summed E-state index contributed by atoms with van der Waals surface area (Å²) >= 11 is 1.39. The standard InChI is InChI=1S/C24H24N4O4S/c29-22(26-27-23(30)21-17-33-24(25-21)28-11-13-31-14-12-28)10-9-18-7-4-8-20(15-18)32-16-19-5-2-1-3-6-19/h1-10,15,17H,11-14,16H2,(H,26,29)(H,27,30)/b10-9+. The van der Waals surface area contributed by atoms with Crippen LogP contribution in [0.5, 0.6) is 5.75 Å². The van der Waals surface area contributed by atoms with Crippen LogP contribution in [0.1, 0.15) is 21.6 Å². The van der Waals surface area contributed by atoms with Crippen LogP contribution in [0.25, 0.3) is 6.08 Å². The monoisotopic (exact) mass is 464 g/mol. The maximum Gasteiger partial charge on any atom is 0.289 e. The van der Waals surface area contributed by atoms with E-state index in [-0.39, 0.29) is 5.69 Å². The number of hydrogen-bond donors (Lipinski definition) is 2. The van der Waals surface area contributed by atoms with Crippen LogP contribution in [0, 0.1) is 0 Å². The van der Waals surface area contributed by atoms with E-state index in [4.69, 9.17) is 9.47 Å². The Bertz CT molecular complexity index is 1110. The second kappa shape index (κ2) is 11.3. The number of hydrazine groups is 1. The number of carbonyl (C=O) groups is 2. The quantitative estimate of drug-likeness (QED) is 0.413. The highest BCUT2D eigenvalue weighted by Gasteiger charge is 2.17. The highest BCUT2D eigenvalue weighted by molar-refractivity contribution is 7.13. The molecule has 9 heteroatoms. The van der Waals surface area contributed by atoms with Gasteiger partial charge in [-0.3, -0.25) is 20.4 Å². The lowest BCUT2D eigenvalue weighted by molar-refractivity contribution is -0.117. The molecule has 2 N–H and O–H groups in total. The number of thiazole rings is 1. The third-order valence-electron chi connectivity index (χ3n) is 4.84. The number of nitrogens with one attached hydrogen (secondary N) is 2. The molecule has 2 aromatic carbocycles. The van der Waals surface area contributed by atoms with E-state index in [0.29, 0.717) is 25.6 Å². The van der Waals surface area contributed by atoms with Gasteiger partial charge in [0, 0.05) is 24.5 Å². The van der Waals surface area contributed by atoms with Crippen molar-refractivity contribution in [3.63, 3.8) is 0 Å². The first kappa shape index (κ1) is 22.5. The van der Waals surface area contributed by atoms with Gasteiger partial charge in [-0.25, -0.2) is 4.98 Å². The highest BCUT2D eigenvalue weighted by Crippen LogP contribution is 2.21. The maximum atomic E-state index is 12.3. The van der Waals surface area contributed by atoms with Gasteiger partial charge in [0.15, 0.2) is 5.13 Å². The predicted octanol–water partition coefficient (Wildman–Crippen LogP) is 3.03. The summed E-state index contributed by atoms with van der Waals surface area (Å²) in [7, 11) is 0. The maximum absolute atomic E-state index is 12.3. The number of benzene rings is 2. The van der Waals surface area contributed by atoms with Crippen molar-refractivity contribution < 1.29 is 19.1 Å². The number of hydrogen-bond acceptors (Lipinski definition) is 7. The normalized spacial score (nSPS) is 13.6. The van der Waals surface area contributed by atoms with E-state index in [9.17, 15) is 9.59 Å². The van der Waals surface area contributed by atoms with Crippen molar-refractivity contribution in [2.45, 2.75) is 6.61 Å². The first-order chi connectivity index (χ1) is 16.2. The predicted molar refractivity (Wildman–Crippen MR) is 127 cm³/mol. The average Bonchev–Trinajstić information content (AvgIpc) is 3.37. The molecule has 1 aromatic heterocycles. The summed E-state index contributed by atoms with van der Waals surface area (Å²) in [5, 5.41) is 2.44. The van der Waals surface area contributed by atoms with Gasteiger partial charge in [-0.1, -0.05) is 42.5 Å². The zero-order chi connectivity index (χ0) is 22.9. The molecule has 4 rings (SSSR count). The molecule has 1 saturated heterocycles. The fraction of sp³-hybridized carbons (Fsp3) is 0.208. The fourth-order valence-corrected chi connectivity index (χ4v) is 3.97. The molecule has 0 atom stereocenters. The number of ether oxygens (including phenoxy) is 2. The van der Waals surface area contributed by atoms with Gasteiger partial charge in [-0.2, -0.15) is 0 Å². The lowest BCUT2D eigenvalue weighted by Crippen LogP contribution is -2.41. The largest absolute Gasteiger partial charge is 0.489 e. The first-order valence-corrected chi connectivity index (χ1v) is 11.4. The van der Waals surface area contributed by atoms with E-state index in [1.165, 1.54) is 17.4 Å². The molecule has 0 spiro atoms. The van der Waals surface area contributed by atoms with Gasteiger partial charge >= 0.3 is 0 Å². The highest BCUT2D eigenvalue weighted by atomic mass is 32.1. The number of amides is 2. The van der Waals surface area contributed by atoms with Crippen LogP contribution in [0.3, 0.4) is 0 Å². The van der Waals surface area contributed by atoms with Crippen molar-refractivity contribution in [1.82, 2.24) is 15.8 Å². The Morgan fingerprint density at radius 2 is 1.91 bits per heavy atom. The van der Waals surface area contributed by atoms with E-state index in [2.05, 4.69) is 20.7 Å². The molecular formula is C24H24N4O4S. The summed E-state index contributed by atoms with van der Waals surface area (Å²) in [6.45, 7) is 3.24. The number of anilines is 1. The third-order valence-corrected chi connectivity index (χ3v) is 5.74. The molecule has 1 aliphatic heterocycles. The molecule has 2 heterocycles. The van der Waals surface area contributed by atoms with Gasteiger partial charge in [0.05, 0.1) is 13.2 Å². The molecule has 0 radical (unpaired) electrons. The van der Waals surface area contributed by atoms with Gasteiger partial charge in [0.25, 0.3) is 11.8 Å². The first-order valence-electron chi connectivity index (χ1n) is 10.5. The molecular weight excluding hydrogens is 440 g/mol. The van der Waals surface area contributed by atoms with Crippen molar-refractivity contribution in [2.75, 3.05) is 31.2 Å². The molecule has 0 saturated carbocycles. The zero-order valence-corrected chi connectivity index (χ0v) is 18.7. The van der Waals surface area contributed by atoms with Gasteiger partial charge in [0.2, 0.25) is 0 Å². The van der Waals surface area contributed by atoms with Crippen LogP contribution in [-0.4, -0.2) is 43.1 Å². The SMILES string of the molecule is O=C(/C=C/c1cccc(OCc2ccccc2)c1)NNC(=O)c1csc(N2CCOCC2)n1. The summed E-state index contributed by atoms with van der Waals surface area (Å²) in [4.78, 5) is 30.8. The molecule has 0 aliphatic carbocycles. The van der Waals surface area contributed by atoms with Crippen LogP contribution in [0.15, 0.2) is 66.1 Å². The molecule has 0 bridgehead atoms. The fourth-order valence-electron chi connectivity index (χ4n) is 3.11. The number of carbonyl (C=O) groups excluding carboxylic acids is 2. The lowest BCUT2D eigenvalue weighted by Gasteiger charge is -2.25. The van der Waals surface area contributed by atoms with E-state index >= 15 is 0 Å². The van der Waals surface area contributed by atoms with Crippen molar-refractivity contribution >= 4 is 34.4 Å². The van der Waals surface area contributed by atoms with Crippen LogP contribution in [0.4, 0.5) is 5.13 Å². The molecule has 1 aliphatic rings. The Morgan fingerprint density at radius 1 is 1.09 bits per heavy atom. The lowest BCUT2D eigenvalue weighted by atomic mass is 10.2. The minimum Gasteiger partial charge on any atom is -0.489 e. The summed E-state index contributed by atoms with van der Waals surface area (Å²) in [5.41, 5.74) is 6.90. The number of morpholine rings is 1. The Kier molecular flexibility index (Phi) is 7.68. The van der Waals surface area contributed by atoms with Gasteiger partial charge < -0.3 is 14.4 Å². The number of nitrogens with zero attached hydrogens (tertiary/aromatic N) is 2. The van der Waals surface area contributed by atoms with Crippen molar-refractivity contribution in [3.8, 4) is 5.75 Å². The average molecular weight is 465 g/mol. The van der Waals surface area contributed by atoms with Crippen molar-refractivity contribution in [2.24, 2.45) is 0 Å². The Labute approximate surface area is 195 Å². The van der Waals surface area contributed by atoms with Crippen LogP contribution in [0.2, 0.25) is 0 Å². The molecule has 3 aromatic rings. The Morgan fingerprint density at radius 3 is 2.73 bits per heavy atom. The molecule has 33 heavy (non-hydrogen) atoms. The number of aromatic nitrogens is 1. The Balaban J connectivity index is 1.25. The zero-order valence-electron chi connectivity index (χ0n) is 17.9. The van der Waals surface area contributed by atoms with Gasteiger partial charge in [0.1, 0.15) is 18.1 Å². The summed E-state index contributed by atoms with van der Waals surface area (Å²) < 4.78 is 11.1. The topological polar surface area (TPSA) is 92.8 Å². The van der Waals surface area contributed by atoms with E-state index < -0.39 is 11.8 Å². The smallest absolute Gasteiger partial charge is 0.289 e. The number of rotatable bonds is 7.